The van der Waals surface area contributed by atoms with Crippen molar-refractivity contribution in [2.75, 3.05) is 17.2 Å². The molecule has 0 bridgehead atoms. The van der Waals surface area contributed by atoms with Gasteiger partial charge in [0.05, 0.1) is 24.7 Å². The van der Waals surface area contributed by atoms with Crippen LogP contribution < -0.4 is 20.9 Å². The van der Waals surface area contributed by atoms with Crippen LogP contribution in [0, 0.1) is 5.82 Å². The van der Waals surface area contributed by atoms with Gasteiger partial charge in [-0.2, -0.15) is 0 Å². The first-order valence-corrected chi connectivity index (χ1v) is 8.53. The van der Waals surface area contributed by atoms with Crippen molar-refractivity contribution in [2.24, 2.45) is 7.05 Å². The van der Waals surface area contributed by atoms with Gasteiger partial charge in [0, 0.05) is 37.3 Å². The molecule has 0 unspecified atom stereocenters. The summed E-state index contributed by atoms with van der Waals surface area (Å²) in [6.07, 6.45) is 5.39. The van der Waals surface area contributed by atoms with Gasteiger partial charge in [0.1, 0.15) is 17.3 Å². The van der Waals surface area contributed by atoms with Crippen molar-refractivity contribution in [3.05, 3.63) is 70.2 Å². The molecule has 27 heavy (non-hydrogen) atoms. The molecule has 8 heteroatoms. The predicted octanol–water partition coefficient (Wildman–Crippen LogP) is 2.61. The first-order chi connectivity index (χ1) is 13.1. The second-order valence-electron chi connectivity index (χ2n) is 6.18. The quantitative estimate of drug-likeness (QED) is 0.722. The van der Waals surface area contributed by atoms with Crippen LogP contribution in [0.1, 0.15) is 11.1 Å². The molecule has 7 nitrogen and oxygen atoms in total. The Morgan fingerprint density at radius 2 is 2.19 bits per heavy atom. The molecule has 0 fully saturated rings. The molecule has 1 aliphatic rings. The molecule has 2 N–H and O–H groups in total. The summed E-state index contributed by atoms with van der Waals surface area (Å²) in [6.45, 7) is 0.769. The predicted molar refractivity (Wildman–Crippen MR) is 99.9 cm³/mol. The van der Waals surface area contributed by atoms with Crippen molar-refractivity contribution in [3.8, 4) is 5.75 Å². The number of benzene rings is 1. The minimum absolute atomic E-state index is 0.216. The minimum Gasteiger partial charge on any atom is -0.493 e. The van der Waals surface area contributed by atoms with Crippen molar-refractivity contribution in [1.29, 1.82) is 0 Å². The molecule has 4 rings (SSSR count). The van der Waals surface area contributed by atoms with E-state index in [9.17, 15) is 9.18 Å². The number of anilines is 3. The topological polar surface area (TPSA) is 81.1 Å². The first-order valence-electron chi connectivity index (χ1n) is 8.53. The van der Waals surface area contributed by atoms with Crippen LogP contribution in [-0.2, 0) is 20.0 Å². The molecule has 3 heterocycles. The van der Waals surface area contributed by atoms with Gasteiger partial charge < -0.3 is 15.4 Å². The Hall–Kier alpha value is -3.42. The molecule has 138 valence electrons. The smallest absolute Gasteiger partial charge is 0.278 e. The fourth-order valence-electron chi connectivity index (χ4n) is 3.06. The monoisotopic (exact) mass is 367 g/mol. The summed E-state index contributed by atoms with van der Waals surface area (Å²) < 4.78 is 21.1. The van der Waals surface area contributed by atoms with Gasteiger partial charge in [-0.05, 0) is 24.3 Å². The number of hydrogen-bond donors (Lipinski definition) is 2. The van der Waals surface area contributed by atoms with Crippen LogP contribution in [0.25, 0.3) is 0 Å². The molecule has 0 atom stereocenters. The SMILES string of the molecule is Cn1c(NCc2c(F)ccc3c2CCO3)ncc(Nc2cccnc2)c1=O. The number of nitrogens with one attached hydrogen (secondary N) is 2. The van der Waals surface area contributed by atoms with E-state index in [1.165, 1.54) is 16.8 Å². The lowest BCUT2D eigenvalue weighted by atomic mass is 10.0. The van der Waals surface area contributed by atoms with E-state index in [0.717, 1.165) is 5.56 Å². The van der Waals surface area contributed by atoms with E-state index in [4.69, 9.17) is 4.74 Å². The molecule has 3 aromatic rings. The van der Waals surface area contributed by atoms with Crippen LogP contribution >= 0.6 is 0 Å². The van der Waals surface area contributed by atoms with Gasteiger partial charge in [-0.3, -0.25) is 14.3 Å². The van der Waals surface area contributed by atoms with Crippen LogP contribution in [0.15, 0.2) is 47.7 Å². The van der Waals surface area contributed by atoms with Gasteiger partial charge in [0.15, 0.2) is 0 Å². The van der Waals surface area contributed by atoms with E-state index < -0.39 is 0 Å². The highest BCUT2D eigenvalue weighted by Crippen LogP contribution is 2.30. The Morgan fingerprint density at radius 1 is 1.30 bits per heavy atom. The van der Waals surface area contributed by atoms with Crippen molar-refractivity contribution >= 4 is 17.3 Å². The molecule has 1 aliphatic heterocycles. The zero-order valence-corrected chi connectivity index (χ0v) is 14.7. The minimum atomic E-state index is -0.299. The van der Waals surface area contributed by atoms with E-state index in [2.05, 4.69) is 20.6 Å². The Labute approximate surface area is 154 Å². The zero-order chi connectivity index (χ0) is 18.8. The maximum atomic E-state index is 14.2. The molecule has 0 saturated carbocycles. The number of nitrogens with zero attached hydrogens (tertiary/aromatic N) is 3. The van der Waals surface area contributed by atoms with E-state index in [1.807, 2.05) is 0 Å². The lowest BCUT2D eigenvalue weighted by molar-refractivity contribution is 0.356. The summed E-state index contributed by atoms with van der Waals surface area (Å²) in [7, 11) is 1.61. The van der Waals surface area contributed by atoms with Crippen molar-refractivity contribution in [1.82, 2.24) is 14.5 Å². The van der Waals surface area contributed by atoms with E-state index in [-0.39, 0.29) is 17.9 Å². The largest absolute Gasteiger partial charge is 0.493 e. The van der Waals surface area contributed by atoms with Gasteiger partial charge in [-0.1, -0.05) is 0 Å². The van der Waals surface area contributed by atoms with Crippen LogP contribution in [0.5, 0.6) is 5.75 Å². The lowest BCUT2D eigenvalue weighted by Crippen LogP contribution is -2.24. The average molecular weight is 367 g/mol. The van der Waals surface area contributed by atoms with Gasteiger partial charge in [-0.15, -0.1) is 0 Å². The van der Waals surface area contributed by atoms with Crippen molar-refractivity contribution < 1.29 is 9.13 Å². The summed E-state index contributed by atoms with van der Waals surface area (Å²) in [5.41, 5.74) is 2.17. The molecule has 0 aliphatic carbocycles. The first kappa shape index (κ1) is 17.0. The highest BCUT2D eigenvalue weighted by molar-refractivity contribution is 5.57. The third-order valence-electron chi connectivity index (χ3n) is 4.47. The molecule has 1 aromatic carbocycles. The summed E-state index contributed by atoms with van der Waals surface area (Å²) in [5, 5.41) is 6.04. The maximum Gasteiger partial charge on any atom is 0.278 e. The zero-order valence-electron chi connectivity index (χ0n) is 14.7. The second kappa shape index (κ2) is 7.06. The van der Waals surface area contributed by atoms with Crippen molar-refractivity contribution in [3.63, 3.8) is 0 Å². The number of fused-ring (bicyclic) bond motifs is 1. The fraction of sp³-hybridized carbons (Fsp3) is 0.211. The highest BCUT2D eigenvalue weighted by atomic mass is 19.1. The lowest BCUT2D eigenvalue weighted by Gasteiger charge is -2.14. The van der Waals surface area contributed by atoms with E-state index in [0.29, 0.717) is 41.7 Å². The van der Waals surface area contributed by atoms with E-state index in [1.54, 1.807) is 37.6 Å². The normalized spacial score (nSPS) is 12.4. The molecule has 0 radical (unpaired) electrons. The Balaban J connectivity index is 1.55. The van der Waals surface area contributed by atoms with Gasteiger partial charge in [-0.25, -0.2) is 9.37 Å². The molecular weight excluding hydrogens is 349 g/mol. The molecular formula is C19H18FN5O2. The maximum absolute atomic E-state index is 14.2. The highest BCUT2D eigenvalue weighted by Gasteiger charge is 2.19. The van der Waals surface area contributed by atoms with Gasteiger partial charge in [0.25, 0.3) is 5.56 Å². The number of ether oxygens (including phenoxy) is 1. The third kappa shape index (κ3) is 3.33. The average Bonchev–Trinajstić information content (AvgIpc) is 3.16. The number of rotatable bonds is 5. The second-order valence-corrected chi connectivity index (χ2v) is 6.18. The summed E-state index contributed by atoms with van der Waals surface area (Å²) >= 11 is 0. The molecule has 0 saturated heterocycles. The third-order valence-corrected chi connectivity index (χ3v) is 4.47. The van der Waals surface area contributed by atoms with Crippen LogP contribution in [0.2, 0.25) is 0 Å². The van der Waals surface area contributed by atoms with Crippen LogP contribution in [-0.4, -0.2) is 21.1 Å². The number of hydrogen-bond acceptors (Lipinski definition) is 6. The Kier molecular flexibility index (Phi) is 4.45. The van der Waals surface area contributed by atoms with E-state index >= 15 is 0 Å². The number of aromatic nitrogens is 3. The Bertz CT molecular complexity index is 1040. The van der Waals surface area contributed by atoms with Crippen LogP contribution in [0.4, 0.5) is 21.7 Å². The fourth-order valence-corrected chi connectivity index (χ4v) is 3.06. The standard InChI is InChI=1S/C19H18FN5O2/c1-25-18(26)16(24-12-3-2-7-21-9-12)11-23-19(25)22-10-14-13-6-8-27-17(13)5-4-15(14)20/h2-5,7,9,11,24H,6,8,10H2,1H3,(H,22,23). The number of pyridine rings is 1. The molecule has 0 spiro atoms. The Morgan fingerprint density at radius 3 is 3.00 bits per heavy atom. The van der Waals surface area contributed by atoms with Crippen molar-refractivity contribution in [2.45, 2.75) is 13.0 Å². The molecule has 0 amide bonds. The van der Waals surface area contributed by atoms with Gasteiger partial charge >= 0.3 is 0 Å². The summed E-state index contributed by atoms with van der Waals surface area (Å²) in [4.78, 5) is 20.9. The number of halogens is 1. The summed E-state index contributed by atoms with van der Waals surface area (Å²) in [6, 6.07) is 6.62. The molecule has 2 aromatic heterocycles. The van der Waals surface area contributed by atoms with Crippen LogP contribution in [0.3, 0.4) is 0 Å². The van der Waals surface area contributed by atoms with Gasteiger partial charge in [0.2, 0.25) is 5.95 Å². The summed E-state index contributed by atoms with van der Waals surface area (Å²) in [5.74, 6) is 0.769.